The van der Waals surface area contributed by atoms with Gasteiger partial charge in [0.15, 0.2) is 0 Å². The number of hydrogen-bond donors (Lipinski definition) is 0. The zero-order valence-corrected chi connectivity index (χ0v) is 8.68. The van der Waals surface area contributed by atoms with Gasteiger partial charge in [-0.3, -0.25) is 0 Å². The van der Waals surface area contributed by atoms with Gasteiger partial charge in [-0.15, -0.1) is 0 Å². The fraction of sp³-hybridized carbons (Fsp3) is 0.818. The number of ether oxygens (including phenoxy) is 1. The van der Waals surface area contributed by atoms with Crippen LogP contribution in [-0.2, 0) is 4.74 Å². The van der Waals surface area contributed by atoms with Gasteiger partial charge in [0, 0.05) is 6.61 Å². The first-order valence-corrected chi connectivity index (χ1v) is 4.96. The molecule has 0 saturated heterocycles. The van der Waals surface area contributed by atoms with E-state index in [1.54, 1.807) is 0 Å². The topological polar surface area (TPSA) is 9.23 Å². The largest absolute Gasteiger partial charge is 0.377 e. The highest BCUT2D eigenvalue weighted by atomic mass is 16.5. The standard InChI is InChI=1S/C11H22O/c1-4-5-9-12-10-7-6-8-11(2)3/h4-5,11H,6-10H2,1-3H3/b5-4+. The van der Waals surface area contributed by atoms with Crippen LogP contribution in [0.4, 0.5) is 0 Å². The fourth-order valence-corrected chi connectivity index (χ4v) is 1.00. The Hall–Kier alpha value is -0.300. The summed E-state index contributed by atoms with van der Waals surface area (Å²) in [6, 6.07) is 0. The monoisotopic (exact) mass is 170 g/mol. The Morgan fingerprint density at radius 1 is 1.25 bits per heavy atom. The van der Waals surface area contributed by atoms with Crippen LogP contribution in [-0.4, -0.2) is 13.2 Å². The second-order valence-corrected chi connectivity index (χ2v) is 3.53. The third-order valence-corrected chi connectivity index (χ3v) is 1.77. The number of hydrogen-bond acceptors (Lipinski definition) is 1. The molecule has 0 aromatic rings. The SMILES string of the molecule is C/C=C/COCCCCC(C)C. The molecule has 0 aromatic carbocycles. The lowest BCUT2D eigenvalue weighted by atomic mass is 10.1. The van der Waals surface area contributed by atoms with E-state index in [4.69, 9.17) is 4.74 Å². The number of rotatable bonds is 7. The molecule has 1 nitrogen and oxygen atoms in total. The van der Waals surface area contributed by atoms with Gasteiger partial charge in [0.1, 0.15) is 0 Å². The van der Waals surface area contributed by atoms with Gasteiger partial charge in [-0.2, -0.15) is 0 Å². The smallest absolute Gasteiger partial charge is 0.0647 e. The van der Waals surface area contributed by atoms with Gasteiger partial charge in [-0.25, -0.2) is 0 Å². The Morgan fingerprint density at radius 2 is 2.00 bits per heavy atom. The van der Waals surface area contributed by atoms with Gasteiger partial charge >= 0.3 is 0 Å². The lowest BCUT2D eigenvalue weighted by Crippen LogP contribution is -1.95. The van der Waals surface area contributed by atoms with E-state index in [2.05, 4.69) is 13.8 Å². The molecule has 0 N–H and O–H groups in total. The highest BCUT2D eigenvalue weighted by Crippen LogP contribution is 2.05. The zero-order chi connectivity index (χ0) is 9.23. The molecule has 72 valence electrons. The quantitative estimate of drug-likeness (QED) is 0.420. The summed E-state index contributed by atoms with van der Waals surface area (Å²) in [6.45, 7) is 8.23. The molecule has 0 aliphatic carbocycles. The highest BCUT2D eigenvalue weighted by molar-refractivity contribution is 4.75. The molecule has 0 atom stereocenters. The van der Waals surface area contributed by atoms with Gasteiger partial charge < -0.3 is 4.74 Å². The molecule has 1 heteroatoms. The first-order valence-electron chi connectivity index (χ1n) is 4.96. The Balaban J connectivity index is 2.91. The van der Waals surface area contributed by atoms with Crippen molar-refractivity contribution in [3.63, 3.8) is 0 Å². The number of allylic oxidation sites excluding steroid dienone is 1. The first kappa shape index (κ1) is 11.7. The Bertz CT molecular complexity index is 106. The molecule has 12 heavy (non-hydrogen) atoms. The minimum Gasteiger partial charge on any atom is -0.377 e. The van der Waals surface area contributed by atoms with Crippen LogP contribution in [0.2, 0.25) is 0 Å². The molecule has 0 unspecified atom stereocenters. The predicted octanol–water partition coefficient (Wildman–Crippen LogP) is 3.41. The van der Waals surface area contributed by atoms with Crippen molar-refractivity contribution in [3.8, 4) is 0 Å². The molecule has 0 aliphatic heterocycles. The van der Waals surface area contributed by atoms with Crippen LogP contribution in [0.25, 0.3) is 0 Å². The second-order valence-electron chi connectivity index (χ2n) is 3.53. The minimum absolute atomic E-state index is 0.776. The Labute approximate surface area is 76.8 Å². The summed E-state index contributed by atoms with van der Waals surface area (Å²) < 4.78 is 5.37. The van der Waals surface area contributed by atoms with Crippen LogP contribution in [0.15, 0.2) is 12.2 Å². The molecule has 0 amide bonds. The van der Waals surface area contributed by atoms with Crippen LogP contribution in [0.1, 0.15) is 40.0 Å². The van der Waals surface area contributed by atoms with E-state index in [1.807, 2.05) is 19.1 Å². The molecule has 0 bridgehead atoms. The van der Waals surface area contributed by atoms with Crippen LogP contribution < -0.4 is 0 Å². The van der Waals surface area contributed by atoms with Crippen LogP contribution >= 0.6 is 0 Å². The van der Waals surface area contributed by atoms with Crippen molar-refractivity contribution < 1.29 is 4.74 Å². The lowest BCUT2D eigenvalue weighted by molar-refractivity contribution is 0.156. The molecular weight excluding hydrogens is 148 g/mol. The summed E-state index contributed by atoms with van der Waals surface area (Å²) in [6.07, 6.45) is 7.90. The van der Waals surface area contributed by atoms with Crippen LogP contribution in [0, 0.1) is 5.92 Å². The van der Waals surface area contributed by atoms with E-state index in [9.17, 15) is 0 Å². The van der Waals surface area contributed by atoms with Crippen molar-refractivity contribution in [1.82, 2.24) is 0 Å². The maximum atomic E-state index is 5.37. The summed E-state index contributed by atoms with van der Waals surface area (Å²) >= 11 is 0. The Kier molecular flexibility index (Phi) is 8.57. The molecule has 0 fully saturated rings. The molecule has 0 radical (unpaired) electrons. The molecule has 0 saturated carbocycles. The summed E-state index contributed by atoms with van der Waals surface area (Å²) in [4.78, 5) is 0. The van der Waals surface area contributed by atoms with Gasteiger partial charge in [0.2, 0.25) is 0 Å². The van der Waals surface area contributed by atoms with Gasteiger partial charge in [-0.1, -0.05) is 38.8 Å². The molecule has 0 spiro atoms. The van der Waals surface area contributed by atoms with Crippen LogP contribution in [0.3, 0.4) is 0 Å². The molecule has 0 aliphatic rings. The van der Waals surface area contributed by atoms with Gasteiger partial charge in [-0.05, 0) is 19.3 Å². The third-order valence-electron chi connectivity index (χ3n) is 1.77. The van der Waals surface area contributed by atoms with E-state index in [0.717, 1.165) is 19.1 Å². The van der Waals surface area contributed by atoms with E-state index in [-0.39, 0.29) is 0 Å². The molecular formula is C11H22O. The van der Waals surface area contributed by atoms with Crippen LogP contribution in [0.5, 0.6) is 0 Å². The third kappa shape index (κ3) is 9.70. The van der Waals surface area contributed by atoms with Gasteiger partial charge in [0.25, 0.3) is 0 Å². The second kappa shape index (κ2) is 8.79. The summed E-state index contributed by atoms with van der Waals surface area (Å²) in [5.41, 5.74) is 0. The van der Waals surface area contributed by atoms with Crippen molar-refractivity contribution in [2.45, 2.75) is 40.0 Å². The lowest BCUT2D eigenvalue weighted by Gasteiger charge is -2.03. The molecule has 0 heterocycles. The van der Waals surface area contributed by atoms with Crippen molar-refractivity contribution in [1.29, 1.82) is 0 Å². The normalized spacial score (nSPS) is 11.7. The summed E-state index contributed by atoms with van der Waals surface area (Å²) in [5, 5.41) is 0. The minimum atomic E-state index is 0.776. The molecule has 0 aromatic heterocycles. The van der Waals surface area contributed by atoms with E-state index >= 15 is 0 Å². The van der Waals surface area contributed by atoms with Crippen molar-refractivity contribution >= 4 is 0 Å². The number of unbranched alkanes of at least 4 members (excludes halogenated alkanes) is 1. The zero-order valence-electron chi connectivity index (χ0n) is 8.68. The van der Waals surface area contributed by atoms with Crippen molar-refractivity contribution in [2.24, 2.45) is 5.92 Å². The highest BCUT2D eigenvalue weighted by Gasteiger charge is 1.93. The van der Waals surface area contributed by atoms with Gasteiger partial charge in [0.05, 0.1) is 6.61 Å². The average Bonchev–Trinajstić information content (AvgIpc) is 2.02. The van der Waals surface area contributed by atoms with Crippen molar-refractivity contribution in [3.05, 3.63) is 12.2 Å². The van der Waals surface area contributed by atoms with E-state index in [1.165, 1.54) is 19.3 Å². The predicted molar refractivity (Wildman–Crippen MR) is 54.3 cm³/mol. The molecule has 0 rings (SSSR count). The fourth-order valence-electron chi connectivity index (χ4n) is 1.00. The maximum absolute atomic E-state index is 5.37. The average molecular weight is 170 g/mol. The summed E-state index contributed by atoms with van der Waals surface area (Å²) in [5.74, 6) is 0.834. The summed E-state index contributed by atoms with van der Waals surface area (Å²) in [7, 11) is 0. The van der Waals surface area contributed by atoms with E-state index in [0.29, 0.717) is 0 Å². The first-order chi connectivity index (χ1) is 5.77. The Morgan fingerprint density at radius 3 is 2.58 bits per heavy atom. The van der Waals surface area contributed by atoms with E-state index < -0.39 is 0 Å². The maximum Gasteiger partial charge on any atom is 0.0647 e. The van der Waals surface area contributed by atoms with Crippen molar-refractivity contribution in [2.75, 3.05) is 13.2 Å².